The van der Waals surface area contributed by atoms with Crippen LogP contribution in [0.1, 0.15) is 164 Å². The topological polar surface area (TPSA) is 150 Å². The smallest absolute Gasteiger partial charge is 0.307 e. The van der Waals surface area contributed by atoms with Gasteiger partial charge in [-0.1, -0.05) is 141 Å². The Kier molecular flexibility index (Phi) is 16.0. The SMILES string of the molecule is C=C(C)[C@@]12O[C@@]3(/C=C/C=C/CCCCCCCCC)O[C@@H]1[C@@H]1[C@@H]4O[C@]4(COC(=O)CCC/C=C/CCCCCCCCC)[C@@H](O)[C@]4(O)C(=O)C(C)=C[C@H]4[C@@]1(O3)[C@H](C)[C@H]2OC(C)=O. The molecule has 0 amide bonds. The van der Waals surface area contributed by atoms with E-state index in [1.54, 1.807) is 32.1 Å². The van der Waals surface area contributed by atoms with Crippen molar-refractivity contribution >= 4 is 17.7 Å². The molecule has 5 fully saturated rings. The number of fused-ring (bicyclic) bond motifs is 3. The molecule has 3 bridgehead atoms. The third kappa shape index (κ3) is 9.02. The normalized spacial score (nSPS) is 37.7. The quantitative estimate of drug-likeness (QED) is 0.0282. The molecule has 3 aliphatic carbocycles. The molecule has 62 heavy (non-hydrogen) atoms. The van der Waals surface area contributed by atoms with Gasteiger partial charge >= 0.3 is 17.9 Å². The van der Waals surface area contributed by atoms with Gasteiger partial charge in [-0.15, -0.1) is 0 Å². The molecule has 3 heterocycles. The summed E-state index contributed by atoms with van der Waals surface area (Å²) < 4.78 is 39.4. The molecule has 0 aromatic carbocycles. The Morgan fingerprint density at radius 2 is 1.42 bits per heavy atom. The highest BCUT2D eigenvalue weighted by atomic mass is 16.9. The number of aliphatic hydroxyl groups is 2. The van der Waals surface area contributed by atoms with Crippen LogP contribution in [-0.4, -0.2) is 87.3 Å². The molecule has 12 atom stereocenters. The maximum Gasteiger partial charge on any atom is 0.307 e. The molecule has 0 radical (unpaired) electrons. The minimum Gasteiger partial charge on any atom is -0.462 e. The Hall–Kier alpha value is -2.93. The largest absolute Gasteiger partial charge is 0.462 e. The number of ether oxygens (including phenoxy) is 6. The second-order valence-electron chi connectivity index (χ2n) is 19.1. The van der Waals surface area contributed by atoms with Gasteiger partial charge in [0.2, 0.25) is 0 Å². The zero-order valence-corrected chi connectivity index (χ0v) is 38.5. The summed E-state index contributed by atoms with van der Waals surface area (Å²) in [6.45, 7) is 15.0. The Labute approximate surface area is 370 Å². The van der Waals surface area contributed by atoms with Gasteiger partial charge in [0.15, 0.2) is 22.6 Å². The number of epoxide rings is 1. The average Bonchev–Trinajstić information content (AvgIpc) is 3.85. The number of Topliss-reactive ketones (excluding diaryl/α,β-unsaturated/α-hetero) is 1. The lowest BCUT2D eigenvalue weighted by Gasteiger charge is -2.61. The molecule has 11 heteroatoms. The van der Waals surface area contributed by atoms with Gasteiger partial charge in [-0.25, -0.2) is 0 Å². The minimum absolute atomic E-state index is 0.156. The van der Waals surface area contributed by atoms with Crippen LogP contribution in [0, 0.1) is 17.8 Å². The monoisotopic (exact) mass is 865 g/mol. The van der Waals surface area contributed by atoms with E-state index >= 15 is 0 Å². The first-order valence-corrected chi connectivity index (χ1v) is 24.1. The van der Waals surface area contributed by atoms with Crippen molar-refractivity contribution in [3.05, 3.63) is 60.3 Å². The maximum absolute atomic E-state index is 14.2. The summed E-state index contributed by atoms with van der Waals surface area (Å²) in [5.74, 6) is -6.26. The average molecular weight is 865 g/mol. The van der Waals surface area contributed by atoms with Crippen molar-refractivity contribution in [3.8, 4) is 0 Å². The Morgan fingerprint density at radius 1 is 0.823 bits per heavy atom. The van der Waals surface area contributed by atoms with E-state index < -0.39 is 94.9 Å². The van der Waals surface area contributed by atoms with E-state index in [0.29, 0.717) is 12.0 Å². The predicted octanol–water partition coefficient (Wildman–Crippen LogP) is 9.39. The van der Waals surface area contributed by atoms with E-state index in [-0.39, 0.29) is 12.0 Å². The molecule has 2 saturated carbocycles. The zero-order chi connectivity index (χ0) is 44.8. The highest BCUT2D eigenvalue weighted by molar-refractivity contribution is 6.05. The van der Waals surface area contributed by atoms with Gasteiger partial charge in [0, 0.05) is 37.2 Å². The van der Waals surface area contributed by atoms with Crippen molar-refractivity contribution in [1.29, 1.82) is 0 Å². The Morgan fingerprint density at radius 3 is 2.03 bits per heavy atom. The van der Waals surface area contributed by atoms with Crippen molar-refractivity contribution in [2.24, 2.45) is 17.8 Å². The molecule has 2 N–H and O–H groups in total. The van der Waals surface area contributed by atoms with Crippen molar-refractivity contribution in [2.45, 2.75) is 216 Å². The van der Waals surface area contributed by atoms with E-state index in [4.69, 9.17) is 28.4 Å². The van der Waals surface area contributed by atoms with Gasteiger partial charge in [-0.3, -0.25) is 14.4 Å². The summed E-state index contributed by atoms with van der Waals surface area (Å²) >= 11 is 0. The van der Waals surface area contributed by atoms with E-state index in [2.05, 4.69) is 38.7 Å². The van der Waals surface area contributed by atoms with Crippen LogP contribution < -0.4 is 0 Å². The molecule has 11 nitrogen and oxygen atoms in total. The standard InChI is InChI=1S/C51H76O11/c1-8-10-12-14-16-18-20-21-23-25-27-29-31-40(53)57-34-47-44(59-47)41-45-50(35(3)4)43(58-38(7)52)37(6)51(41,39-33-36(5)42(54)49(39,56)46(47)55)62-48(60-45,61-50)32-30-28-26-24-22-19-17-15-13-11-9-2/h23,25-26,28,30,32-33,37,39,41,43-46,55-56H,3,8-22,24,27,29,31,34H2,1-2,4-7H3/b25-23+,28-26+,32-30+/t37-,39-,41+,43-,44+,45-,46-,47+,48-,49-,50+,51+/m1/s1. The van der Waals surface area contributed by atoms with Crippen LogP contribution in [0.15, 0.2) is 60.3 Å². The number of rotatable bonds is 26. The number of hydrogen-bond acceptors (Lipinski definition) is 11. The summed E-state index contributed by atoms with van der Waals surface area (Å²) in [5, 5.41) is 25.2. The number of allylic oxidation sites excluding steroid dienone is 5. The predicted molar refractivity (Wildman–Crippen MR) is 237 cm³/mol. The fraction of sp³-hybridized carbons (Fsp3) is 0.745. The van der Waals surface area contributed by atoms with Gasteiger partial charge in [-0.2, -0.15) is 0 Å². The Balaban J connectivity index is 1.22. The van der Waals surface area contributed by atoms with Crippen LogP contribution in [0.2, 0.25) is 0 Å². The van der Waals surface area contributed by atoms with E-state index in [1.165, 1.54) is 84.0 Å². The molecular formula is C51H76O11. The maximum atomic E-state index is 14.2. The summed E-state index contributed by atoms with van der Waals surface area (Å²) in [4.78, 5) is 40.4. The van der Waals surface area contributed by atoms with Crippen LogP contribution in [-0.2, 0) is 42.8 Å². The number of hydrogen-bond donors (Lipinski definition) is 2. The zero-order valence-electron chi connectivity index (χ0n) is 38.5. The van der Waals surface area contributed by atoms with Crippen LogP contribution in [0.5, 0.6) is 0 Å². The van der Waals surface area contributed by atoms with E-state index in [9.17, 15) is 24.6 Å². The lowest BCUT2D eigenvalue weighted by Crippen LogP contribution is -2.76. The van der Waals surface area contributed by atoms with Crippen LogP contribution in [0.25, 0.3) is 0 Å². The molecule has 0 aromatic heterocycles. The van der Waals surface area contributed by atoms with Crippen molar-refractivity contribution in [1.82, 2.24) is 0 Å². The third-order valence-electron chi connectivity index (χ3n) is 14.7. The van der Waals surface area contributed by atoms with E-state index in [1.807, 2.05) is 13.0 Å². The van der Waals surface area contributed by atoms with Gasteiger partial charge in [-0.05, 0) is 63.5 Å². The van der Waals surface area contributed by atoms with Gasteiger partial charge in [0.1, 0.15) is 31.0 Å². The second-order valence-corrected chi connectivity index (χ2v) is 19.1. The van der Waals surface area contributed by atoms with Crippen LogP contribution in [0.3, 0.4) is 0 Å². The molecule has 0 spiro atoms. The fourth-order valence-electron chi connectivity index (χ4n) is 11.4. The Bertz CT molecular complexity index is 1730. The molecule has 0 aromatic rings. The van der Waals surface area contributed by atoms with Crippen LogP contribution >= 0.6 is 0 Å². The van der Waals surface area contributed by atoms with Crippen molar-refractivity contribution in [3.63, 3.8) is 0 Å². The number of unbranched alkanes of at least 4 members (excludes halogenated alkanes) is 15. The lowest BCUT2D eigenvalue weighted by atomic mass is 9.53. The number of carbonyl (C=O) groups is 3. The van der Waals surface area contributed by atoms with E-state index in [0.717, 1.165) is 32.1 Å². The number of ketones is 1. The fourth-order valence-corrected chi connectivity index (χ4v) is 11.4. The molecule has 3 aliphatic heterocycles. The highest BCUT2D eigenvalue weighted by Crippen LogP contribution is 2.73. The third-order valence-corrected chi connectivity index (χ3v) is 14.7. The molecule has 6 aliphatic rings. The minimum atomic E-state index is -2.45. The summed E-state index contributed by atoms with van der Waals surface area (Å²) in [5.41, 5.74) is -6.36. The van der Waals surface area contributed by atoms with Crippen molar-refractivity contribution < 1.29 is 53.0 Å². The lowest BCUT2D eigenvalue weighted by molar-refractivity contribution is -0.407. The van der Waals surface area contributed by atoms with Crippen molar-refractivity contribution in [2.75, 3.05) is 6.61 Å². The molecule has 346 valence electrons. The van der Waals surface area contributed by atoms with Gasteiger partial charge in [0.05, 0.1) is 5.60 Å². The number of carbonyl (C=O) groups excluding carboxylic acids is 3. The first kappa shape index (κ1) is 48.5. The first-order valence-electron chi connectivity index (χ1n) is 24.1. The highest BCUT2D eigenvalue weighted by Gasteiger charge is 2.90. The summed E-state index contributed by atoms with van der Waals surface area (Å²) in [7, 11) is 0. The number of aliphatic hydroxyl groups excluding tert-OH is 1. The molecular weight excluding hydrogens is 789 g/mol. The molecule has 0 unspecified atom stereocenters. The van der Waals surface area contributed by atoms with Gasteiger partial charge < -0.3 is 38.6 Å². The first-order chi connectivity index (χ1) is 29.7. The van der Waals surface area contributed by atoms with Gasteiger partial charge in [0.25, 0.3) is 0 Å². The number of esters is 2. The summed E-state index contributed by atoms with van der Waals surface area (Å²) in [6.07, 6.45) is 29.5. The second kappa shape index (κ2) is 20.5. The summed E-state index contributed by atoms with van der Waals surface area (Å²) in [6, 6.07) is 0. The molecule has 6 rings (SSSR count). The molecule has 3 saturated heterocycles. The van der Waals surface area contributed by atoms with Crippen LogP contribution in [0.4, 0.5) is 0 Å².